The third-order valence-corrected chi connectivity index (χ3v) is 7.78. The Morgan fingerprint density at radius 2 is 1.72 bits per heavy atom. The topological polar surface area (TPSA) is 75.2 Å². The summed E-state index contributed by atoms with van der Waals surface area (Å²) in [6, 6.07) is 15.6. The van der Waals surface area contributed by atoms with Gasteiger partial charge in [0.2, 0.25) is 5.91 Å². The number of hydrogen-bond donors (Lipinski definition) is 1. The van der Waals surface area contributed by atoms with Crippen LogP contribution in [0, 0.1) is 0 Å². The maximum absolute atomic E-state index is 12.3. The number of anilines is 1. The van der Waals surface area contributed by atoms with Gasteiger partial charge in [0, 0.05) is 31.1 Å². The molecule has 0 spiro atoms. The molecule has 1 aromatic heterocycles. The molecule has 0 fully saturated rings. The lowest BCUT2D eigenvalue weighted by atomic mass is 10.0. The number of amides is 2. The molecular weight excluding hydrogens is 460 g/mol. The Morgan fingerprint density at radius 3 is 2.38 bits per heavy atom. The third kappa shape index (κ3) is 7.08. The Labute approximate surface area is 201 Å². The highest BCUT2D eigenvalue weighted by molar-refractivity contribution is 8.03. The summed E-state index contributed by atoms with van der Waals surface area (Å²) in [5.41, 5.74) is 3.71. The third-order valence-electron chi connectivity index (χ3n) is 4.52. The summed E-state index contributed by atoms with van der Waals surface area (Å²) in [4.78, 5) is 25.9. The van der Waals surface area contributed by atoms with Gasteiger partial charge in [-0.15, -0.1) is 10.2 Å². The van der Waals surface area contributed by atoms with Crippen LogP contribution in [0.5, 0.6) is 0 Å². The van der Waals surface area contributed by atoms with Gasteiger partial charge in [0.25, 0.3) is 5.91 Å². The van der Waals surface area contributed by atoms with Gasteiger partial charge in [0.05, 0.1) is 5.75 Å². The molecule has 2 amide bonds. The molecule has 0 saturated carbocycles. The van der Waals surface area contributed by atoms with E-state index in [4.69, 9.17) is 0 Å². The van der Waals surface area contributed by atoms with Crippen LogP contribution < -0.4 is 5.32 Å². The van der Waals surface area contributed by atoms with Crippen LogP contribution in [-0.4, -0.2) is 46.8 Å². The van der Waals surface area contributed by atoms with Crippen molar-refractivity contribution < 1.29 is 9.59 Å². The summed E-state index contributed by atoms with van der Waals surface area (Å²) in [6.07, 6.45) is 0. The van der Waals surface area contributed by atoms with Gasteiger partial charge >= 0.3 is 0 Å². The van der Waals surface area contributed by atoms with E-state index >= 15 is 0 Å². The Hall–Kier alpha value is -2.36. The summed E-state index contributed by atoms with van der Waals surface area (Å²) in [5.74, 6) is 1.33. The number of carbonyl (C=O) groups is 2. The summed E-state index contributed by atoms with van der Waals surface area (Å²) in [7, 11) is 3.39. The monoisotopic (exact) mass is 486 g/mol. The minimum Gasteiger partial charge on any atom is -0.345 e. The van der Waals surface area contributed by atoms with Crippen molar-refractivity contribution in [2.45, 2.75) is 34.2 Å². The molecule has 1 heterocycles. The average molecular weight is 487 g/mol. The van der Waals surface area contributed by atoms with Gasteiger partial charge in [-0.25, -0.2) is 0 Å². The quantitative estimate of drug-likeness (QED) is 0.409. The second-order valence-corrected chi connectivity index (χ2v) is 11.1. The second kappa shape index (κ2) is 11.5. The van der Waals surface area contributed by atoms with Crippen molar-refractivity contribution >= 4 is 52.4 Å². The van der Waals surface area contributed by atoms with Crippen molar-refractivity contribution in [1.29, 1.82) is 0 Å². The second-order valence-electron chi connectivity index (χ2n) is 7.64. The highest BCUT2D eigenvalue weighted by atomic mass is 32.2. The molecule has 6 nitrogen and oxygen atoms in total. The molecule has 0 aliphatic heterocycles. The standard InChI is InChI=1S/C23H26N4O2S3/c1-15(2)17-10-8-16(9-11-17)13-30-22-25-26-23(32-22)31-14-20(28)24-19-7-5-6-18(12-19)21(29)27(3)4/h5-12,15H,13-14H2,1-4H3,(H,24,28). The average Bonchev–Trinajstić information content (AvgIpc) is 3.24. The lowest BCUT2D eigenvalue weighted by Crippen LogP contribution is -2.22. The summed E-state index contributed by atoms with van der Waals surface area (Å²) in [6.45, 7) is 4.38. The van der Waals surface area contributed by atoms with E-state index in [-0.39, 0.29) is 17.6 Å². The number of nitrogens with one attached hydrogen (secondary N) is 1. The van der Waals surface area contributed by atoms with Crippen molar-refractivity contribution in [2.24, 2.45) is 0 Å². The summed E-state index contributed by atoms with van der Waals surface area (Å²) in [5, 5.41) is 11.2. The first-order valence-electron chi connectivity index (χ1n) is 10.1. The van der Waals surface area contributed by atoms with Crippen molar-refractivity contribution in [3.63, 3.8) is 0 Å². The van der Waals surface area contributed by atoms with Crippen LogP contribution in [0.4, 0.5) is 5.69 Å². The number of carbonyl (C=O) groups excluding carboxylic acids is 2. The van der Waals surface area contributed by atoms with Crippen LogP contribution in [0.2, 0.25) is 0 Å². The van der Waals surface area contributed by atoms with E-state index in [2.05, 4.69) is 53.6 Å². The lowest BCUT2D eigenvalue weighted by molar-refractivity contribution is -0.113. The molecule has 1 N–H and O–H groups in total. The summed E-state index contributed by atoms with van der Waals surface area (Å²) >= 11 is 4.49. The first-order chi connectivity index (χ1) is 15.3. The molecule has 0 saturated heterocycles. The molecule has 0 radical (unpaired) electrons. The van der Waals surface area contributed by atoms with Crippen molar-refractivity contribution in [1.82, 2.24) is 15.1 Å². The first kappa shape index (κ1) is 24.3. The molecule has 3 rings (SSSR count). The zero-order valence-electron chi connectivity index (χ0n) is 18.5. The molecule has 9 heteroatoms. The molecule has 0 bridgehead atoms. The highest BCUT2D eigenvalue weighted by Crippen LogP contribution is 2.31. The van der Waals surface area contributed by atoms with E-state index in [0.29, 0.717) is 17.2 Å². The van der Waals surface area contributed by atoms with Crippen molar-refractivity contribution in [3.05, 3.63) is 65.2 Å². The number of nitrogens with zero attached hydrogens (tertiary/aromatic N) is 3. The Balaban J connectivity index is 1.47. The number of aromatic nitrogens is 2. The van der Waals surface area contributed by atoms with Gasteiger partial charge < -0.3 is 10.2 Å². The fraction of sp³-hybridized carbons (Fsp3) is 0.304. The molecule has 3 aromatic rings. The lowest BCUT2D eigenvalue weighted by Gasteiger charge is -2.11. The molecule has 0 unspecified atom stereocenters. The summed E-state index contributed by atoms with van der Waals surface area (Å²) < 4.78 is 1.64. The van der Waals surface area contributed by atoms with Gasteiger partial charge in [0.15, 0.2) is 8.68 Å². The Morgan fingerprint density at radius 1 is 1.03 bits per heavy atom. The predicted octanol–water partition coefficient (Wildman–Crippen LogP) is 5.39. The van der Waals surface area contributed by atoms with Crippen LogP contribution >= 0.6 is 34.9 Å². The van der Waals surface area contributed by atoms with E-state index in [1.807, 2.05) is 0 Å². The smallest absolute Gasteiger partial charge is 0.253 e. The number of rotatable bonds is 9. The van der Waals surface area contributed by atoms with E-state index in [0.717, 1.165) is 14.4 Å². The van der Waals surface area contributed by atoms with E-state index in [9.17, 15) is 9.59 Å². The van der Waals surface area contributed by atoms with Crippen LogP contribution in [0.1, 0.15) is 41.3 Å². The van der Waals surface area contributed by atoms with Gasteiger partial charge in [0.1, 0.15) is 0 Å². The molecule has 32 heavy (non-hydrogen) atoms. The Kier molecular flexibility index (Phi) is 8.72. The first-order valence-corrected chi connectivity index (χ1v) is 12.9. The largest absolute Gasteiger partial charge is 0.345 e. The van der Waals surface area contributed by atoms with E-state index in [1.165, 1.54) is 39.1 Å². The SMILES string of the molecule is CC(C)c1ccc(CSc2nnc(SCC(=O)Nc3cccc(C(=O)N(C)C)c3)s2)cc1. The predicted molar refractivity (Wildman–Crippen MR) is 134 cm³/mol. The van der Waals surface area contributed by atoms with Crippen molar-refractivity contribution in [2.75, 3.05) is 25.2 Å². The minimum atomic E-state index is -0.154. The fourth-order valence-corrected chi connectivity index (χ4v) is 5.55. The van der Waals surface area contributed by atoms with Crippen LogP contribution in [-0.2, 0) is 10.5 Å². The van der Waals surface area contributed by atoms with Gasteiger partial charge in [-0.1, -0.05) is 79.0 Å². The Bertz CT molecular complexity index is 1070. The zero-order valence-corrected chi connectivity index (χ0v) is 20.9. The highest BCUT2D eigenvalue weighted by Gasteiger charge is 2.12. The minimum absolute atomic E-state index is 0.106. The maximum Gasteiger partial charge on any atom is 0.253 e. The van der Waals surface area contributed by atoms with Crippen molar-refractivity contribution in [3.8, 4) is 0 Å². The molecule has 0 aliphatic rings. The number of thioether (sulfide) groups is 2. The van der Waals surface area contributed by atoms with Gasteiger partial charge in [-0.2, -0.15) is 0 Å². The fourth-order valence-electron chi connectivity index (χ4n) is 2.77. The molecule has 168 valence electrons. The molecular formula is C23H26N4O2S3. The van der Waals surface area contributed by atoms with Gasteiger partial charge in [-0.3, -0.25) is 9.59 Å². The van der Waals surface area contributed by atoms with Crippen LogP contribution in [0.25, 0.3) is 0 Å². The van der Waals surface area contributed by atoms with E-state index in [1.54, 1.807) is 50.1 Å². The molecule has 2 aromatic carbocycles. The number of hydrogen-bond acceptors (Lipinski definition) is 7. The number of benzene rings is 2. The normalized spacial score (nSPS) is 10.9. The van der Waals surface area contributed by atoms with Crippen LogP contribution in [0.3, 0.4) is 0 Å². The van der Waals surface area contributed by atoms with Crippen LogP contribution in [0.15, 0.2) is 57.2 Å². The maximum atomic E-state index is 12.3. The zero-order chi connectivity index (χ0) is 23.1. The molecule has 0 atom stereocenters. The van der Waals surface area contributed by atoms with E-state index < -0.39 is 0 Å². The molecule has 0 aliphatic carbocycles. The van der Waals surface area contributed by atoms with Gasteiger partial charge in [-0.05, 0) is 35.2 Å².